The number of nitrogens with zero attached hydrogens (tertiary/aromatic N) is 9. The van der Waals surface area contributed by atoms with Crippen LogP contribution < -0.4 is 58.1 Å². The van der Waals surface area contributed by atoms with Crippen LogP contribution in [0.5, 0.6) is 0 Å². The molecule has 0 N–H and O–H groups in total. The van der Waals surface area contributed by atoms with Crippen LogP contribution in [0.2, 0.25) is 0 Å². The molecule has 0 radical (unpaired) electrons. The molecule has 0 aliphatic heterocycles. The Bertz CT molecular complexity index is 1940. The van der Waals surface area contributed by atoms with Crippen molar-refractivity contribution in [3.8, 4) is 0 Å². The number of aryl methyl sites for hydroxylation is 2. The summed E-state index contributed by atoms with van der Waals surface area (Å²) in [5.41, 5.74) is 6.41. The molecule has 0 aliphatic rings. The number of rotatable bonds is 17. The molecule has 0 aliphatic carbocycles. The predicted molar refractivity (Wildman–Crippen MR) is 251 cm³/mol. The quantitative estimate of drug-likeness (QED) is 0.0459. The van der Waals surface area contributed by atoms with E-state index in [4.69, 9.17) is 0 Å². The number of halogens is 4. The smallest absolute Gasteiger partial charge is 0.169 e. The molecule has 0 bridgehead atoms. The molecule has 0 unspecified atom stereocenters. The number of hydrazone groups is 3. The van der Waals surface area contributed by atoms with Crippen LogP contribution >= 0.6 is 31.9 Å². The van der Waals surface area contributed by atoms with Gasteiger partial charge in [-0.15, -0.1) is 0 Å². The first-order chi connectivity index (χ1) is 28.4. The van der Waals surface area contributed by atoms with Gasteiger partial charge in [0.1, 0.15) is 13.1 Å². The fourth-order valence-electron chi connectivity index (χ4n) is 5.23. The van der Waals surface area contributed by atoms with E-state index in [1.807, 2.05) is 158 Å². The van der Waals surface area contributed by atoms with Gasteiger partial charge in [-0.2, -0.15) is 15.3 Å². The van der Waals surface area contributed by atoms with Gasteiger partial charge in [0.25, 0.3) is 0 Å². The van der Waals surface area contributed by atoms with E-state index in [-0.39, 0.29) is 34.0 Å². The number of para-hydroxylation sites is 3. The van der Waals surface area contributed by atoms with E-state index in [0.29, 0.717) is 0 Å². The Morgan fingerprint density at radius 2 is 0.750 bits per heavy atom. The zero-order chi connectivity index (χ0) is 41.0. The topological polar surface area (TPSA) is 67.5 Å². The van der Waals surface area contributed by atoms with E-state index < -0.39 is 0 Å². The SMILES string of the molecule is BrCCCCBr.CN(/N=C/c1cc[n+](CCCC[n+]2ccc(/C=N/N(C)c3ccccc3)cc2)cc1)c1ccccc1.CN(/N=C/c1ccncc1)c1ccccc1.[Br-].[Br-]. The third kappa shape index (κ3) is 20.6. The summed E-state index contributed by atoms with van der Waals surface area (Å²) in [4.78, 5) is 3.96. The zero-order valence-electron chi connectivity index (χ0n) is 34.5. The summed E-state index contributed by atoms with van der Waals surface area (Å²) in [6, 6.07) is 42.5. The van der Waals surface area contributed by atoms with Crippen LogP contribution in [0.1, 0.15) is 42.4 Å². The summed E-state index contributed by atoms with van der Waals surface area (Å²) < 4.78 is 4.46. The summed E-state index contributed by atoms with van der Waals surface area (Å²) in [5, 5.41) is 21.3. The van der Waals surface area contributed by atoms with Crippen molar-refractivity contribution in [3.63, 3.8) is 0 Å². The van der Waals surface area contributed by atoms with E-state index in [1.54, 1.807) is 12.4 Å². The van der Waals surface area contributed by atoms with Crippen molar-refractivity contribution < 1.29 is 43.1 Å². The molecule has 0 spiro atoms. The predicted octanol–water partition coefficient (Wildman–Crippen LogP) is 3.80. The van der Waals surface area contributed by atoms with Crippen molar-refractivity contribution in [2.24, 2.45) is 15.3 Å². The summed E-state index contributed by atoms with van der Waals surface area (Å²) in [6.07, 6.45) is 22.4. The second-order valence-corrected chi connectivity index (χ2v) is 14.7. The van der Waals surface area contributed by atoms with Gasteiger partial charge in [-0.1, -0.05) is 86.5 Å². The molecule has 3 heterocycles. The van der Waals surface area contributed by atoms with Crippen LogP contribution in [0, 0.1) is 0 Å². The van der Waals surface area contributed by atoms with Gasteiger partial charge in [-0.25, -0.2) is 9.13 Å². The fourth-order valence-corrected chi connectivity index (χ4v) is 6.02. The van der Waals surface area contributed by atoms with E-state index in [1.165, 1.54) is 12.8 Å². The van der Waals surface area contributed by atoms with Crippen LogP contribution in [-0.4, -0.2) is 55.4 Å². The van der Waals surface area contributed by atoms with Crippen molar-refractivity contribution in [2.45, 2.75) is 38.8 Å². The Morgan fingerprint density at radius 3 is 1.05 bits per heavy atom. The van der Waals surface area contributed by atoms with Crippen LogP contribution in [0.3, 0.4) is 0 Å². The van der Waals surface area contributed by atoms with E-state index in [2.05, 4.69) is 110 Å². The minimum Gasteiger partial charge on any atom is -1.00 e. The van der Waals surface area contributed by atoms with Crippen molar-refractivity contribution in [3.05, 3.63) is 181 Å². The number of anilines is 3. The van der Waals surface area contributed by atoms with Gasteiger partial charge in [0.2, 0.25) is 0 Å². The summed E-state index contributed by atoms with van der Waals surface area (Å²) >= 11 is 6.66. The Kier molecular flexibility index (Phi) is 26.9. The van der Waals surface area contributed by atoms with Gasteiger partial charge in [-0.3, -0.25) is 20.0 Å². The van der Waals surface area contributed by atoms with E-state index in [0.717, 1.165) is 70.3 Å². The molecule has 60 heavy (non-hydrogen) atoms. The second-order valence-electron chi connectivity index (χ2n) is 13.1. The first-order valence-electron chi connectivity index (χ1n) is 19.4. The lowest BCUT2D eigenvalue weighted by atomic mass is 10.2. The normalized spacial score (nSPS) is 10.5. The van der Waals surface area contributed by atoms with Crippen molar-refractivity contribution in [2.75, 3.05) is 46.8 Å². The van der Waals surface area contributed by atoms with Gasteiger partial charge >= 0.3 is 0 Å². The molecule has 3 aromatic heterocycles. The molecule has 9 nitrogen and oxygen atoms in total. The summed E-state index contributed by atoms with van der Waals surface area (Å²) in [6.45, 7) is 2.00. The lowest BCUT2D eigenvalue weighted by Gasteiger charge is -2.11. The molecule has 13 heteroatoms. The van der Waals surface area contributed by atoms with Gasteiger partial charge < -0.3 is 34.0 Å². The number of hydrogen-bond donors (Lipinski definition) is 0. The first kappa shape index (κ1) is 51.6. The lowest BCUT2D eigenvalue weighted by molar-refractivity contribution is -0.708. The van der Waals surface area contributed by atoms with Crippen molar-refractivity contribution in [1.82, 2.24) is 4.98 Å². The van der Waals surface area contributed by atoms with Gasteiger partial charge in [0, 0.05) is 92.4 Å². The Labute approximate surface area is 395 Å². The number of alkyl halides is 2. The number of aromatic nitrogens is 3. The highest BCUT2D eigenvalue weighted by Crippen LogP contribution is 2.13. The average Bonchev–Trinajstić information content (AvgIpc) is 3.29. The number of hydrogen-bond acceptors (Lipinski definition) is 7. The molecule has 6 rings (SSSR count). The zero-order valence-corrected chi connectivity index (χ0v) is 40.9. The Morgan fingerprint density at radius 1 is 0.450 bits per heavy atom. The first-order valence-corrected chi connectivity index (χ1v) is 21.7. The van der Waals surface area contributed by atoms with Gasteiger partial charge in [0.15, 0.2) is 24.8 Å². The Balaban J connectivity index is 0.000000428. The van der Waals surface area contributed by atoms with Crippen LogP contribution in [-0.2, 0) is 13.1 Å². The third-order valence-electron chi connectivity index (χ3n) is 8.67. The summed E-state index contributed by atoms with van der Waals surface area (Å²) in [7, 11) is 5.84. The monoisotopic (exact) mass is 1060 g/mol. The van der Waals surface area contributed by atoms with Gasteiger partial charge in [-0.05, 0) is 66.9 Å². The van der Waals surface area contributed by atoms with Gasteiger partial charge in [0.05, 0.1) is 35.7 Å². The molecule has 0 fully saturated rings. The van der Waals surface area contributed by atoms with Crippen LogP contribution in [0.4, 0.5) is 17.1 Å². The van der Waals surface area contributed by atoms with Crippen molar-refractivity contribution >= 4 is 67.6 Å². The lowest BCUT2D eigenvalue weighted by Crippen LogP contribution is -3.00. The highest BCUT2D eigenvalue weighted by Gasteiger charge is 2.05. The minimum absolute atomic E-state index is 0. The maximum Gasteiger partial charge on any atom is 0.169 e. The molecule has 6 aromatic rings. The minimum atomic E-state index is 0. The molecule has 0 saturated heterocycles. The molecule has 0 atom stereocenters. The Hall–Kier alpha value is -4.56. The molecular weight excluding hydrogens is 1010 g/mol. The summed E-state index contributed by atoms with van der Waals surface area (Å²) in [5.74, 6) is 0. The largest absolute Gasteiger partial charge is 1.00 e. The molecule has 0 amide bonds. The molecule has 316 valence electrons. The van der Waals surface area contributed by atoms with Crippen LogP contribution in [0.15, 0.2) is 180 Å². The number of pyridine rings is 3. The van der Waals surface area contributed by atoms with Crippen LogP contribution in [0.25, 0.3) is 0 Å². The number of benzene rings is 3. The highest BCUT2D eigenvalue weighted by atomic mass is 79.9. The van der Waals surface area contributed by atoms with Crippen molar-refractivity contribution in [1.29, 1.82) is 0 Å². The number of unbranched alkanes of at least 4 members (excludes halogenated alkanes) is 2. The molecule has 0 saturated carbocycles. The average molecular weight is 1070 g/mol. The van der Waals surface area contributed by atoms with E-state index >= 15 is 0 Å². The maximum absolute atomic E-state index is 4.53. The fraction of sp³-hybridized carbons (Fsp3) is 0.234. The second kappa shape index (κ2) is 31.3. The third-order valence-corrected chi connectivity index (χ3v) is 9.79. The molecule has 3 aromatic carbocycles. The molecular formula is C47H55Br4N9. The standard InChI is InChI=1S/C30H34N6.C13H13N3.C4H8Br2.2BrH/c1-33(29-11-5-3-6-12-29)31-25-27-15-21-35(22-16-27)19-9-10-20-36-23-17-28(18-24-36)26-32-34(2)30-13-7-4-8-14-30;1-16(13-5-3-2-4-6-13)15-11-12-7-9-14-10-8-12;5-3-1-2-4-6;;/h3-8,11-18,21-26H,9-10,19-20H2,1-2H3;2-11H,1H3;1-4H2;2*1H/q+2;;;;/p-2/b;15-11+;;;. The van der Waals surface area contributed by atoms with E-state index in [9.17, 15) is 0 Å². The maximum atomic E-state index is 4.53. The highest BCUT2D eigenvalue weighted by molar-refractivity contribution is 9.09.